The largest absolute Gasteiger partial charge is 0.326 e. The van der Waals surface area contributed by atoms with E-state index in [1.54, 1.807) is 18.4 Å². The molecule has 2 N–H and O–H groups in total. The van der Waals surface area contributed by atoms with E-state index in [0.29, 0.717) is 35.0 Å². The zero-order valence-corrected chi connectivity index (χ0v) is 27.1. The summed E-state index contributed by atoms with van der Waals surface area (Å²) < 4.78 is 39.3. The molecule has 1 unspecified atom stereocenters. The normalized spacial score (nSPS) is 23.2. The van der Waals surface area contributed by atoms with Crippen molar-refractivity contribution >= 4 is 49.9 Å². The molecule has 0 spiro atoms. The van der Waals surface area contributed by atoms with Crippen LogP contribution in [0.5, 0.6) is 0 Å². The highest BCUT2D eigenvalue weighted by Gasteiger charge is 2.47. The number of halogens is 2. The number of rotatable bonds is 10. The summed E-state index contributed by atoms with van der Waals surface area (Å²) in [6.45, 7) is 0.626. The summed E-state index contributed by atoms with van der Waals surface area (Å²) in [7, 11) is -4.57. The van der Waals surface area contributed by atoms with E-state index in [2.05, 4.69) is 10.2 Å². The van der Waals surface area contributed by atoms with Gasteiger partial charge in [0.2, 0.25) is 10.0 Å². The highest BCUT2D eigenvalue weighted by Crippen LogP contribution is 2.47. The van der Waals surface area contributed by atoms with Gasteiger partial charge in [-0.05, 0) is 59.9 Å². The molecule has 5 rings (SSSR count). The second-order valence-corrected chi connectivity index (χ2v) is 15.1. The maximum absolute atomic E-state index is 14.3. The van der Waals surface area contributed by atoms with Crippen LogP contribution in [0.4, 0.5) is 0 Å². The van der Waals surface area contributed by atoms with Crippen LogP contribution in [0.15, 0.2) is 71.6 Å². The monoisotopic (exact) mass is 663 g/mol. The number of carbonyl (C=O) groups excluding carboxylic acids is 1. The number of hydrogen-bond donors (Lipinski definition) is 2. The third kappa shape index (κ3) is 7.50. The molecule has 1 amide bonds. The summed E-state index contributed by atoms with van der Waals surface area (Å²) in [5.74, 6) is -0.442. The lowest BCUT2D eigenvalue weighted by Crippen LogP contribution is -2.58. The molecule has 43 heavy (non-hydrogen) atoms. The van der Waals surface area contributed by atoms with Crippen molar-refractivity contribution in [3.8, 4) is 0 Å². The van der Waals surface area contributed by atoms with Gasteiger partial charge in [-0.2, -0.15) is 0 Å². The molecule has 3 aromatic carbocycles. The number of sulfonamides is 1. The van der Waals surface area contributed by atoms with Crippen molar-refractivity contribution in [1.82, 2.24) is 15.1 Å². The fraction of sp³-hybridized carbons (Fsp3) is 0.387. The number of fused-ring (bicyclic) bond motifs is 1. The molecule has 1 saturated carbocycles. The van der Waals surface area contributed by atoms with Gasteiger partial charge in [0.1, 0.15) is 0 Å². The molecule has 0 aromatic heterocycles. The maximum atomic E-state index is 14.3. The van der Waals surface area contributed by atoms with Crippen molar-refractivity contribution in [1.29, 1.82) is 0 Å². The van der Waals surface area contributed by atoms with E-state index in [0.717, 1.165) is 40.7 Å². The van der Waals surface area contributed by atoms with Crippen molar-refractivity contribution in [3.63, 3.8) is 0 Å². The van der Waals surface area contributed by atoms with Crippen molar-refractivity contribution < 1.29 is 22.3 Å². The third-order valence-electron chi connectivity index (χ3n) is 8.14. The number of amides is 1. The summed E-state index contributed by atoms with van der Waals surface area (Å²) in [4.78, 5) is 22.8. The van der Waals surface area contributed by atoms with Gasteiger partial charge in [0.25, 0.3) is 5.91 Å². The molecule has 8 nitrogen and oxygen atoms in total. The molecule has 0 saturated heterocycles. The van der Waals surface area contributed by atoms with Gasteiger partial charge < -0.3 is 4.90 Å². The fourth-order valence-electron chi connectivity index (χ4n) is 6.25. The molecule has 1 aliphatic carbocycles. The van der Waals surface area contributed by atoms with E-state index < -0.39 is 32.9 Å². The number of hydroxylamine groups is 1. The molecule has 2 aliphatic rings. The second kappa shape index (κ2) is 13.8. The molecule has 1 heterocycles. The minimum absolute atomic E-state index is 0.163. The zero-order valence-electron chi connectivity index (χ0n) is 24.0. The van der Waals surface area contributed by atoms with E-state index in [-0.39, 0.29) is 24.5 Å². The van der Waals surface area contributed by atoms with Crippen LogP contribution in [0, 0.1) is 0 Å². The number of nitrogens with zero attached hydrogens (tertiary/aromatic N) is 1. The van der Waals surface area contributed by atoms with Crippen LogP contribution in [-0.4, -0.2) is 54.6 Å². The van der Waals surface area contributed by atoms with Gasteiger partial charge in [-0.25, -0.2) is 18.6 Å². The standard InChI is InChI=1S/C31H35Cl2N3O5S2/c1-42(38)22-14-11-20(12-15-22)19-41-34-18-26-23-7-3-4-8-24(23)31(37)36(30(26)25-16-13-21(32)17-27(25)33)29-10-6-5-9-28(29)35-43(2,39)40/h3-4,7-8,11-17,26,28-30,34-35H,5-6,9-10,18-19H2,1-2H3/t26-,28+,29+,30+,42?/m1/s1. The van der Waals surface area contributed by atoms with Gasteiger partial charge in [0.05, 0.1) is 18.9 Å². The quantitative estimate of drug-likeness (QED) is 0.216. The van der Waals surface area contributed by atoms with Crippen LogP contribution in [0.2, 0.25) is 10.0 Å². The molecule has 12 heteroatoms. The summed E-state index contributed by atoms with van der Waals surface area (Å²) >= 11 is 13.1. The average Bonchev–Trinajstić information content (AvgIpc) is 2.96. The molecule has 0 radical (unpaired) electrons. The Kier molecular flexibility index (Phi) is 10.3. The van der Waals surface area contributed by atoms with E-state index in [9.17, 15) is 17.4 Å². The number of nitrogens with one attached hydrogen (secondary N) is 2. The lowest BCUT2D eigenvalue weighted by Gasteiger charge is -2.49. The average molecular weight is 665 g/mol. The molecule has 0 bridgehead atoms. The third-order valence-corrected chi connectivity index (χ3v) is 10.4. The first-order valence-electron chi connectivity index (χ1n) is 14.1. The van der Waals surface area contributed by atoms with Crippen molar-refractivity contribution in [2.75, 3.05) is 19.1 Å². The highest BCUT2D eigenvalue weighted by atomic mass is 35.5. The van der Waals surface area contributed by atoms with E-state index in [1.807, 2.05) is 59.5 Å². The van der Waals surface area contributed by atoms with Gasteiger partial charge in [0, 0.05) is 62.1 Å². The number of benzene rings is 3. The summed E-state index contributed by atoms with van der Waals surface area (Å²) in [5.41, 5.74) is 6.19. The van der Waals surface area contributed by atoms with Gasteiger partial charge in [-0.1, -0.05) is 72.4 Å². The molecule has 3 aromatic rings. The van der Waals surface area contributed by atoms with E-state index in [4.69, 9.17) is 28.0 Å². The van der Waals surface area contributed by atoms with Gasteiger partial charge in [-0.3, -0.25) is 13.8 Å². The van der Waals surface area contributed by atoms with Crippen molar-refractivity contribution in [2.45, 2.75) is 61.2 Å². The van der Waals surface area contributed by atoms with Crippen LogP contribution < -0.4 is 10.2 Å². The lowest BCUT2D eigenvalue weighted by atomic mass is 9.77. The molecular formula is C31H35Cl2N3O5S2. The number of hydrogen-bond acceptors (Lipinski definition) is 6. The van der Waals surface area contributed by atoms with Crippen LogP contribution in [0.1, 0.15) is 64.7 Å². The Labute approximate surface area is 265 Å². The summed E-state index contributed by atoms with van der Waals surface area (Å²) in [6, 6.07) is 18.8. The Hall–Kier alpha value is -2.31. The second-order valence-electron chi connectivity index (χ2n) is 11.1. The Balaban J connectivity index is 1.50. The predicted octanol–water partition coefficient (Wildman–Crippen LogP) is 5.59. The summed E-state index contributed by atoms with van der Waals surface area (Å²) in [5, 5.41) is 0.908. The summed E-state index contributed by atoms with van der Waals surface area (Å²) in [6.07, 6.45) is 5.80. The highest BCUT2D eigenvalue weighted by molar-refractivity contribution is 7.88. The predicted molar refractivity (Wildman–Crippen MR) is 170 cm³/mol. The van der Waals surface area contributed by atoms with E-state index >= 15 is 0 Å². The zero-order chi connectivity index (χ0) is 30.7. The topological polar surface area (TPSA) is 105 Å². The first-order chi connectivity index (χ1) is 20.5. The van der Waals surface area contributed by atoms with Crippen LogP contribution >= 0.6 is 23.2 Å². The maximum Gasteiger partial charge on any atom is 0.254 e. The smallest absolute Gasteiger partial charge is 0.254 e. The van der Waals surface area contributed by atoms with E-state index in [1.165, 1.54) is 0 Å². The minimum atomic E-state index is -3.52. The Morgan fingerprint density at radius 1 is 1.00 bits per heavy atom. The minimum Gasteiger partial charge on any atom is -0.326 e. The van der Waals surface area contributed by atoms with Crippen LogP contribution in [0.25, 0.3) is 0 Å². The van der Waals surface area contributed by atoms with Crippen molar-refractivity contribution in [2.24, 2.45) is 0 Å². The molecule has 1 aliphatic heterocycles. The van der Waals surface area contributed by atoms with Crippen molar-refractivity contribution in [3.05, 3.63) is 99.0 Å². The first kappa shape index (κ1) is 32.1. The molecular weight excluding hydrogens is 629 g/mol. The molecule has 5 atom stereocenters. The molecule has 230 valence electrons. The molecule has 1 fully saturated rings. The van der Waals surface area contributed by atoms with Crippen LogP contribution in [0.3, 0.4) is 0 Å². The van der Waals surface area contributed by atoms with Gasteiger partial charge in [-0.15, -0.1) is 0 Å². The van der Waals surface area contributed by atoms with Gasteiger partial charge >= 0.3 is 0 Å². The fourth-order valence-corrected chi connectivity index (χ4v) is 8.11. The Bertz CT molecular complexity index is 1600. The Morgan fingerprint density at radius 2 is 1.72 bits per heavy atom. The van der Waals surface area contributed by atoms with Crippen LogP contribution in [-0.2, 0) is 32.3 Å². The Morgan fingerprint density at radius 3 is 2.42 bits per heavy atom. The number of carbonyl (C=O) groups is 1. The SMILES string of the molecule is CS(=O)c1ccc(CONC[C@@H]2c3ccccc3C(=O)N([C@H]3CCCC[C@@H]3NS(C)(=O)=O)[C@H]2c2ccc(Cl)cc2Cl)cc1. The van der Waals surface area contributed by atoms with Gasteiger partial charge in [0.15, 0.2) is 0 Å². The lowest BCUT2D eigenvalue weighted by molar-refractivity contribution is 0.00712. The first-order valence-corrected chi connectivity index (χ1v) is 18.3.